The number of amides is 5. The fraction of sp³-hybridized carbons (Fsp3) is 0.261. The zero-order valence-electron chi connectivity index (χ0n) is 19.0. The first-order valence-corrected chi connectivity index (χ1v) is 11.0. The summed E-state index contributed by atoms with van der Waals surface area (Å²) >= 11 is 0. The van der Waals surface area contributed by atoms with Gasteiger partial charge in [-0.15, -0.1) is 5.10 Å². The van der Waals surface area contributed by atoms with Crippen molar-refractivity contribution in [1.29, 1.82) is 0 Å². The number of hydrogen-bond acceptors (Lipinski definition) is 7. The van der Waals surface area contributed by atoms with Gasteiger partial charge < -0.3 is 15.5 Å². The van der Waals surface area contributed by atoms with Gasteiger partial charge in [0.15, 0.2) is 0 Å². The van der Waals surface area contributed by atoms with Crippen LogP contribution >= 0.6 is 0 Å². The summed E-state index contributed by atoms with van der Waals surface area (Å²) in [6.07, 6.45) is 1.50. The molecule has 1 aromatic heterocycles. The molecule has 3 heterocycles. The molecular weight excluding hydrogens is 452 g/mol. The quantitative estimate of drug-likeness (QED) is 0.541. The molecule has 2 aliphatic heterocycles. The molecule has 0 aliphatic carbocycles. The van der Waals surface area contributed by atoms with E-state index in [0.29, 0.717) is 22.6 Å². The summed E-state index contributed by atoms with van der Waals surface area (Å²) in [4.78, 5) is 54.4. The number of carbonyl (C=O) groups is 4. The maximum atomic E-state index is 13.5. The van der Waals surface area contributed by atoms with Gasteiger partial charge in [-0.1, -0.05) is 24.3 Å². The molecule has 1 saturated heterocycles. The van der Waals surface area contributed by atoms with E-state index >= 15 is 0 Å². The smallest absolute Gasteiger partial charge is 0.324 e. The Bertz CT molecular complexity index is 1340. The summed E-state index contributed by atoms with van der Waals surface area (Å²) in [5.74, 6) is -1.25. The molecule has 2 N–H and O–H groups in total. The van der Waals surface area contributed by atoms with E-state index in [0.717, 1.165) is 4.90 Å². The second-order valence-corrected chi connectivity index (χ2v) is 8.63. The third kappa shape index (κ3) is 3.78. The zero-order valence-corrected chi connectivity index (χ0v) is 19.0. The lowest BCUT2D eigenvalue weighted by Crippen LogP contribution is -2.47. The number of benzene rings is 2. The number of para-hydroxylation sites is 2. The highest BCUT2D eigenvalue weighted by molar-refractivity contribution is 6.12. The van der Waals surface area contributed by atoms with Crippen molar-refractivity contribution >= 4 is 35.1 Å². The molecule has 2 atom stereocenters. The Morgan fingerprint density at radius 2 is 1.94 bits per heavy atom. The first kappa shape index (κ1) is 22.2. The molecule has 12 nitrogen and oxygen atoms in total. The van der Waals surface area contributed by atoms with Crippen molar-refractivity contribution in [3.05, 3.63) is 60.4 Å². The molecule has 2 unspecified atom stereocenters. The Morgan fingerprint density at radius 3 is 2.71 bits per heavy atom. The predicted octanol–water partition coefficient (Wildman–Crippen LogP) is 1.19. The van der Waals surface area contributed by atoms with Crippen molar-refractivity contribution in [2.24, 2.45) is 0 Å². The van der Waals surface area contributed by atoms with E-state index in [1.165, 1.54) is 15.9 Å². The summed E-state index contributed by atoms with van der Waals surface area (Å²) < 4.78 is 1.43. The zero-order chi connectivity index (χ0) is 24.7. The topological polar surface area (TPSA) is 142 Å². The Kier molecular flexibility index (Phi) is 5.27. The summed E-state index contributed by atoms with van der Waals surface area (Å²) in [6.45, 7) is 2.86. The third-order valence-corrected chi connectivity index (χ3v) is 6.23. The SMILES string of the molecule is CC1CC(=O)Nc2ccccc2N1C(=O)CN1C(=O)NC(C)(c2cccc(-n3cnnn3)c2)C1=O. The number of imide groups is 1. The number of rotatable bonds is 4. The summed E-state index contributed by atoms with van der Waals surface area (Å²) in [7, 11) is 0. The number of fused-ring (bicyclic) bond motifs is 1. The van der Waals surface area contributed by atoms with E-state index in [2.05, 4.69) is 26.2 Å². The summed E-state index contributed by atoms with van der Waals surface area (Å²) in [5, 5.41) is 16.6. The van der Waals surface area contributed by atoms with Gasteiger partial charge >= 0.3 is 6.03 Å². The van der Waals surface area contributed by atoms with Gasteiger partial charge in [0.1, 0.15) is 18.4 Å². The van der Waals surface area contributed by atoms with Crippen molar-refractivity contribution in [2.75, 3.05) is 16.8 Å². The molecule has 35 heavy (non-hydrogen) atoms. The van der Waals surface area contributed by atoms with E-state index in [9.17, 15) is 19.2 Å². The van der Waals surface area contributed by atoms with Gasteiger partial charge in [0.05, 0.1) is 17.1 Å². The van der Waals surface area contributed by atoms with Crippen LogP contribution in [0.4, 0.5) is 16.2 Å². The molecule has 3 aromatic rings. The fourth-order valence-corrected chi connectivity index (χ4v) is 4.45. The minimum atomic E-state index is -1.39. The van der Waals surface area contributed by atoms with Gasteiger partial charge in [-0.3, -0.25) is 19.3 Å². The van der Waals surface area contributed by atoms with Crippen molar-refractivity contribution in [2.45, 2.75) is 31.8 Å². The number of tetrazole rings is 1. The van der Waals surface area contributed by atoms with Crippen LogP contribution in [0.15, 0.2) is 54.9 Å². The second-order valence-electron chi connectivity index (χ2n) is 8.63. The van der Waals surface area contributed by atoms with Crippen molar-refractivity contribution in [3.8, 4) is 5.69 Å². The highest BCUT2D eigenvalue weighted by atomic mass is 16.2. The lowest BCUT2D eigenvalue weighted by Gasteiger charge is -2.29. The van der Waals surface area contributed by atoms with Crippen molar-refractivity contribution in [1.82, 2.24) is 30.4 Å². The molecule has 0 saturated carbocycles. The lowest BCUT2D eigenvalue weighted by atomic mass is 9.91. The molecule has 5 rings (SSSR count). The lowest BCUT2D eigenvalue weighted by molar-refractivity contribution is -0.134. The molecule has 178 valence electrons. The molecule has 5 amide bonds. The largest absolute Gasteiger partial charge is 0.325 e. The Balaban J connectivity index is 1.42. The number of urea groups is 1. The normalized spacial score (nSPS) is 21.9. The Hall–Kier alpha value is -4.61. The number of nitrogens with one attached hydrogen (secondary N) is 2. The van der Waals surface area contributed by atoms with Gasteiger partial charge in [0.2, 0.25) is 11.8 Å². The minimum Gasteiger partial charge on any atom is -0.324 e. The van der Waals surface area contributed by atoms with Crippen LogP contribution in [0.25, 0.3) is 5.69 Å². The minimum absolute atomic E-state index is 0.0855. The average Bonchev–Trinajstić information content (AvgIpc) is 3.41. The van der Waals surface area contributed by atoms with E-state index < -0.39 is 36.0 Å². The van der Waals surface area contributed by atoms with Crippen molar-refractivity contribution in [3.63, 3.8) is 0 Å². The molecule has 2 aromatic carbocycles. The molecule has 0 radical (unpaired) electrons. The predicted molar refractivity (Wildman–Crippen MR) is 123 cm³/mol. The van der Waals surface area contributed by atoms with E-state index in [-0.39, 0.29) is 12.3 Å². The molecule has 12 heteroatoms. The Morgan fingerprint density at radius 1 is 1.14 bits per heavy atom. The van der Waals surface area contributed by atoms with Crippen molar-refractivity contribution < 1.29 is 19.2 Å². The van der Waals surface area contributed by atoms with Crippen LogP contribution in [-0.2, 0) is 19.9 Å². The highest BCUT2D eigenvalue weighted by Gasteiger charge is 2.50. The molecule has 0 bridgehead atoms. The van der Waals surface area contributed by atoms with Crippen LogP contribution in [0.1, 0.15) is 25.8 Å². The standard InChI is InChI=1S/C23H22N8O4/c1-14-10-19(32)25-17-8-3-4-9-18(17)31(14)20(33)12-29-21(34)23(2,26-22(29)35)15-6-5-7-16(11-15)30-13-24-27-28-30/h3-9,11,13-14H,10,12H2,1-2H3,(H,25,32)(H,26,35). The summed E-state index contributed by atoms with van der Waals surface area (Å²) in [5.41, 5.74) is 0.748. The molecule has 2 aliphatic rings. The third-order valence-electron chi connectivity index (χ3n) is 6.23. The van der Waals surface area contributed by atoms with Crippen LogP contribution in [0.3, 0.4) is 0 Å². The van der Waals surface area contributed by atoms with E-state index in [1.807, 2.05) is 0 Å². The van der Waals surface area contributed by atoms with Gasteiger partial charge in [0, 0.05) is 12.5 Å². The molecule has 1 fully saturated rings. The van der Waals surface area contributed by atoms with Crippen LogP contribution in [0, 0.1) is 0 Å². The number of hydrogen-bond donors (Lipinski definition) is 2. The highest BCUT2D eigenvalue weighted by Crippen LogP contribution is 2.33. The monoisotopic (exact) mass is 474 g/mol. The van der Waals surface area contributed by atoms with E-state index in [1.54, 1.807) is 62.4 Å². The van der Waals surface area contributed by atoms with Gasteiger partial charge in [0.25, 0.3) is 5.91 Å². The fourth-order valence-electron chi connectivity index (χ4n) is 4.45. The number of anilines is 2. The van der Waals surface area contributed by atoms with E-state index in [4.69, 9.17) is 0 Å². The van der Waals surface area contributed by atoms with Crippen LogP contribution in [-0.4, -0.2) is 61.4 Å². The first-order chi connectivity index (χ1) is 16.8. The maximum absolute atomic E-state index is 13.5. The molecular formula is C23H22N8O4. The van der Waals surface area contributed by atoms with Crippen LogP contribution in [0.2, 0.25) is 0 Å². The van der Waals surface area contributed by atoms with Crippen LogP contribution < -0.4 is 15.5 Å². The first-order valence-electron chi connectivity index (χ1n) is 11.0. The number of carbonyl (C=O) groups excluding carboxylic acids is 4. The van der Waals surface area contributed by atoms with Gasteiger partial charge in [-0.05, 0) is 54.1 Å². The van der Waals surface area contributed by atoms with Gasteiger partial charge in [-0.25, -0.2) is 9.48 Å². The maximum Gasteiger partial charge on any atom is 0.325 e. The number of aromatic nitrogens is 4. The van der Waals surface area contributed by atoms with Gasteiger partial charge in [-0.2, -0.15) is 0 Å². The Labute approximate surface area is 199 Å². The average molecular weight is 474 g/mol. The summed E-state index contributed by atoms with van der Waals surface area (Å²) in [6, 6.07) is 12.7. The molecule has 0 spiro atoms. The number of nitrogens with zero attached hydrogens (tertiary/aromatic N) is 6. The second kappa shape index (κ2) is 8.31. The van der Waals surface area contributed by atoms with Crippen LogP contribution in [0.5, 0.6) is 0 Å².